The number of likely N-dealkylation sites (tertiary alicyclic amines) is 1. The lowest BCUT2D eigenvalue weighted by molar-refractivity contribution is 0.0350. The van der Waals surface area contributed by atoms with Crippen LogP contribution in [0.3, 0.4) is 0 Å². The molecule has 0 spiro atoms. The highest BCUT2D eigenvalue weighted by atomic mass is 35.5. The van der Waals surface area contributed by atoms with Crippen LogP contribution < -0.4 is 10.5 Å². The first-order valence-electron chi connectivity index (χ1n) is 12.6. The molecule has 4 heterocycles. The van der Waals surface area contributed by atoms with Gasteiger partial charge in [0.1, 0.15) is 11.3 Å². The first-order valence-corrected chi connectivity index (χ1v) is 13.3. The van der Waals surface area contributed by atoms with Crippen LogP contribution in [-0.4, -0.2) is 49.0 Å². The van der Waals surface area contributed by atoms with Gasteiger partial charge in [0.15, 0.2) is 11.8 Å². The molecule has 3 aromatic heterocycles. The number of piperidine rings is 1. The number of fused-ring (bicyclic) bond motifs is 1. The van der Waals surface area contributed by atoms with Crippen LogP contribution in [0.15, 0.2) is 41.6 Å². The highest BCUT2D eigenvalue weighted by Gasteiger charge is 2.24. The van der Waals surface area contributed by atoms with E-state index >= 15 is 0 Å². The van der Waals surface area contributed by atoms with Crippen LogP contribution in [0.5, 0.6) is 0 Å². The van der Waals surface area contributed by atoms with Crippen molar-refractivity contribution in [1.82, 2.24) is 29.4 Å². The van der Waals surface area contributed by atoms with Crippen molar-refractivity contribution in [2.75, 3.05) is 19.6 Å². The Hall–Kier alpha value is -2.88. The van der Waals surface area contributed by atoms with Gasteiger partial charge in [-0.25, -0.2) is 14.2 Å². The maximum Gasteiger partial charge on any atom is 0.360 e. The molecule has 0 bridgehead atoms. The molecule has 1 aromatic carbocycles. The fraction of sp³-hybridized carbons (Fsp3) is 0.423. The molecule has 0 unspecified atom stereocenters. The van der Waals surface area contributed by atoms with E-state index in [9.17, 15) is 9.18 Å². The van der Waals surface area contributed by atoms with Crippen LogP contribution in [0.1, 0.15) is 57.2 Å². The van der Waals surface area contributed by atoms with Crippen LogP contribution >= 0.6 is 23.2 Å². The van der Waals surface area contributed by atoms with Gasteiger partial charge in [-0.3, -0.25) is 9.67 Å². The van der Waals surface area contributed by atoms with Gasteiger partial charge in [-0.1, -0.05) is 37.0 Å². The molecule has 8 nitrogen and oxygen atoms in total. The van der Waals surface area contributed by atoms with Crippen molar-refractivity contribution < 1.29 is 9.23 Å². The number of hydrogen-bond donors (Lipinski definition) is 1. The molecule has 1 N–H and O–H groups in total. The van der Waals surface area contributed by atoms with Gasteiger partial charge in [-0.2, -0.15) is 5.10 Å². The van der Waals surface area contributed by atoms with E-state index in [0.29, 0.717) is 29.2 Å². The van der Waals surface area contributed by atoms with Gasteiger partial charge >= 0.3 is 5.69 Å². The SMILES string of the molecule is CCCN1CCC(n2cc(-c3cnc4[nH]c(=O)n(O[C@H](CC)c5c(Cl)ccc(F)c5Cl)c4c3)cn2)CC1. The third kappa shape index (κ3) is 5.12. The zero-order valence-electron chi connectivity index (χ0n) is 20.8. The summed E-state index contributed by atoms with van der Waals surface area (Å²) in [6.45, 7) is 7.34. The van der Waals surface area contributed by atoms with Crippen molar-refractivity contribution in [3.63, 3.8) is 0 Å². The van der Waals surface area contributed by atoms with Gasteiger partial charge in [0.05, 0.1) is 17.3 Å². The lowest BCUT2D eigenvalue weighted by Crippen LogP contribution is -2.35. The van der Waals surface area contributed by atoms with Crippen LogP contribution in [0.25, 0.3) is 22.3 Å². The quantitative estimate of drug-likeness (QED) is 0.288. The number of nitrogens with one attached hydrogen (secondary N) is 1. The highest BCUT2D eigenvalue weighted by molar-refractivity contribution is 6.36. The van der Waals surface area contributed by atoms with Crippen molar-refractivity contribution in [2.45, 2.75) is 51.7 Å². The van der Waals surface area contributed by atoms with Crippen molar-refractivity contribution >= 4 is 34.4 Å². The number of benzene rings is 1. The third-order valence-corrected chi connectivity index (χ3v) is 7.62. The van der Waals surface area contributed by atoms with Gasteiger partial charge in [-0.05, 0) is 50.4 Å². The average molecular weight is 547 g/mol. The summed E-state index contributed by atoms with van der Waals surface area (Å²) in [5.74, 6) is -0.605. The number of hydrogen-bond acceptors (Lipinski definition) is 5. The van der Waals surface area contributed by atoms with E-state index in [0.717, 1.165) is 48.3 Å². The van der Waals surface area contributed by atoms with Crippen LogP contribution in [-0.2, 0) is 0 Å². The Balaban J connectivity index is 1.42. The molecule has 1 aliphatic rings. The number of pyridine rings is 1. The molecule has 0 saturated carbocycles. The lowest BCUT2D eigenvalue weighted by Gasteiger charge is -2.31. The number of aromatic nitrogens is 5. The van der Waals surface area contributed by atoms with Crippen molar-refractivity contribution in [1.29, 1.82) is 0 Å². The van der Waals surface area contributed by atoms with E-state index in [-0.39, 0.29) is 10.0 Å². The number of halogens is 3. The van der Waals surface area contributed by atoms with Crippen LogP contribution in [0.4, 0.5) is 4.39 Å². The number of rotatable bonds is 8. The summed E-state index contributed by atoms with van der Waals surface area (Å²) in [7, 11) is 0. The molecule has 1 saturated heterocycles. The second-order valence-corrected chi connectivity index (χ2v) is 10.1. The second-order valence-electron chi connectivity index (χ2n) is 9.36. The molecule has 5 rings (SSSR count). The fourth-order valence-corrected chi connectivity index (χ4v) is 5.55. The molecule has 1 aliphatic heterocycles. The summed E-state index contributed by atoms with van der Waals surface area (Å²) in [5, 5.41) is 4.76. The number of aromatic amines is 1. The molecular weight excluding hydrogens is 518 g/mol. The second kappa shape index (κ2) is 10.8. The van der Waals surface area contributed by atoms with E-state index < -0.39 is 17.6 Å². The zero-order chi connectivity index (χ0) is 26.1. The molecule has 196 valence electrons. The summed E-state index contributed by atoms with van der Waals surface area (Å²) in [6.07, 6.45) is 8.49. The Bertz CT molecular complexity index is 1460. The minimum absolute atomic E-state index is 0.126. The predicted octanol–water partition coefficient (Wildman–Crippen LogP) is 5.66. The number of nitrogens with zero attached hydrogens (tertiary/aromatic N) is 5. The van der Waals surface area contributed by atoms with E-state index in [1.807, 2.05) is 30.1 Å². The van der Waals surface area contributed by atoms with Gasteiger partial charge < -0.3 is 9.74 Å². The standard InChI is InChI=1S/C26H29Cl2FN6O2/c1-3-9-33-10-7-18(8-11-33)34-15-17(14-31-34)16-12-21-25(30-13-16)32-26(36)35(21)37-22(4-2)23-19(27)5-6-20(29)24(23)28/h5-6,12-15,18,22H,3-4,7-11H2,1-2H3,(H,30,32,36)/t22-/m1/s1. The molecule has 11 heteroatoms. The summed E-state index contributed by atoms with van der Waals surface area (Å²) >= 11 is 12.5. The Morgan fingerprint density at radius 2 is 1.97 bits per heavy atom. The van der Waals surface area contributed by atoms with Crippen molar-refractivity contribution in [2.24, 2.45) is 0 Å². The van der Waals surface area contributed by atoms with Crippen molar-refractivity contribution in [3.8, 4) is 11.1 Å². The monoisotopic (exact) mass is 546 g/mol. The summed E-state index contributed by atoms with van der Waals surface area (Å²) in [4.78, 5) is 28.5. The topological polar surface area (TPSA) is 81.0 Å². The predicted molar refractivity (Wildman–Crippen MR) is 143 cm³/mol. The Kier molecular flexibility index (Phi) is 7.55. The smallest absolute Gasteiger partial charge is 0.360 e. The first-order chi connectivity index (χ1) is 17.9. The van der Waals surface area contributed by atoms with Gasteiger partial charge in [0.2, 0.25) is 0 Å². The van der Waals surface area contributed by atoms with Gasteiger partial charge in [0, 0.05) is 47.2 Å². The molecule has 37 heavy (non-hydrogen) atoms. The molecule has 0 aliphatic carbocycles. The molecule has 0 amide bonds. The van der Waals surface area contributed by atoms with Gasteiger partial charge in [0.25, 0.3) is 0 Å². The Morgan fingerprint density at radius 3 is 2.70 bits per heavy atom. The normalized spacial score (nSPS) is 15.9. The number of H-pyrrole nitrogens is 1. The van der Waals surface area contributed by atoms with Crippen LogP contribution in [0.2, 0.25) is 10.0 Å². The molecule has 1 atom stereocenters. The fourth-order valence-electron chi connectivity index (χ4n) is 4.94. The molecular formula is C26H29Cl2FN6O2. The molecule has 1 fully saturated rings. The summed E-state index contributed by atoms with van der Waals surface area (Å²) in [5.41, 5.74) is 2.31. The maximum atomic E-state index is 14.2. The van der Waals surface area contributed by atoms with E-state index in [1.54, 1.807) is 6.20 Å². The maximum absolute atomic E-state index is 14.2. The van der Waals surface area contributed by atoms with E-state index in [4.69, 9.17) is 28.0 Å². The molecule has 0 radical (unpaired) electrons. The Morgan fingerprint density at radius 1 is 1.19 bits per heavy atom. The van der Waals surface area contributed by atoms with E-state index in [2.05, 4.69) is 26.9 Å². The highest BCUT2D eigenvalue weighted by Crippen LogP contribution is 2.35. The minimum atomic E-state index is -0.752. The largest absolute Gasteiger partial charge is 0.401 e. The van der Waals surface area contributed by atoms with Gasteiger partial charge in [-0.15, -0.1) is 4.73 Å². The molecule has 4 aromatic rings. The Labute approximate surface area is 223 Å². The minimum Gasteiger partial charge on any atom is -0.401 e. The first kappa shape index (κ1) is 25.8. The summed E-state index contributed by atoms with van der Waals surface area (Å²) in [6, 6.07) is 4.81. The van der Waals surface area contributed by atoms with E-state index in [1.165, 1.54) is 18.6 Å². The van der Waals surface area contributed by atoms with Crippen LogP contribution in [0, 0.1) is 5.82 Å². The zero-order valence-corrected chi connectivity index (χ0v) is 22.3. The summed E-state index contributed by atoms with van der Waals surface area (Å²) < 4.78 is 17.3. The number of imidazole rings is 1. The lowest BCUT2D eigenvalue weighted by atomic mass is 10.1. The third-order valence-electron chi connectivity index (χ3n) is 6.91. The van der Waals surface area contributed by atoms with Crippen molar-refractivity contribution in [3.05, 3.63) is 68.7 Å². The average Bonchev–Trinajstić information content (AvgIpc) is 3.51.